The van der Waals surface area contributed by atoms with Crippen molar-refractivity contribution in [1.82, 2.24) is 5.32 Å². The molecule has 2 aromatic carbocycles. The average Bonchev–Trinajstić information content (AvgIpc) is 3.31. The van der Waals surface area contributed by atoms with Crippen LogP contribution in [0.3, 0.4) is 0 Å². The summed E-state index contributed by atoms with van der Waals surface area (Å²) < 4.78 is 5.50. The lowest BCUT2D eigenvalue weighted by Gasteiger charge is -2.11. The summed E-state index contributed by atoms with van der Waals surface area (Å²) in [5, 5.41) is 11.5. The smallest absolute Gasteiger partial charge is 0.251 e. The fraction of sp³-hybridized carbons (Fsp3) is 0.348. The molecule has 2 aromatic rings. The predicted octanol–water partition coefficient (Wildman–Crippen LogP) is 2.99. The van der Waals surface area contributed by atoms with E-state index in [0.29, 0.717) is 29.9 Å². The molecule has 3 rings (SSSR count). The molecule has 0 spiro atoms. The van der Waals surface area contributed by atoms with Crippen molar-refractivity contribution >= 4 is 34.8 Å². The molecule has 31 heavy (non-hydrogen) atoms. The highest BCUT2D eigenvalue weighted by Gasteiger charge is 2.16. The summed E-state index contributed by atoms with van der Waals surface area (Å²) in [6, 6.07) is 13.9. The van der Waals surface area contributed by atoms with Gasteiger partial charge in [0, 0.05) is 42.2 Å². The minimum absolute atomic E-state index is 0.0627. The molecular formula is C23H28N4O4. The third kappa shape index (κ3) is 7.11. The van der Waals surface area contributed by atoms with Crippen LogP contribution in [0.25, 0.3) is 0 Å². The van der Waals surface area contributed by atoms with Gasteiger partial charge in [-0.05, 0) is 61.4 Å². The molecule has 0 aromatic heterocycles. The number of amides is 3. The molecular weight excluding hydrogens is 396 g/mol. The van der Waals surface area contributed by atoms with Gasteiger partial charge in [0.25, 0.3) is 5.91 Å². The van der Waals surface area contributed by atoms with E-state index in [1.165, 1.54) is 0 Å². The number of benzene rings is 2. The van der Waals surface area contributed by atoms with Gasteiger partial charge in [-0.2, -0.15) is 0 Å². The summed E-state index contributed by atoms with van der Waals surface area (Å²) in [6.45, 7) is 3.15. The molecule has 8 nitrogen and oxygen atoms in total. The summed E-state index contributed by atoms with van der Waals surface area (Å²) in [7, 11) is 0. The number of carbonyl (C=O) groups is 3. The van der Waals surface area contributed by atoms with Crippen LogP contribution in [-0.4, -0.2) is 43.5 Å². The van der Waals surface area contributed by atoms with Gasteiger partial charge in [0.15, 0.2) is 0 Å². The van der Waals surface area contributed by atoms with Gasteiger partial charge in [0.1, 0.15) is 0 Å². The minimum atomic E-state index is -0.205. The Balaban J connectivity index is 1.41. The number of anilines is 3. The number of ether oxygens (including phenoxy) is 1. The molecule has 1 saturated heterocycles. The molecule has 1 fully saturated rings. The SMILES string of the molecule is CCC(=O)Nc1ccc(NC(=O)CNc2ccc(C(=O)NCC3CCCO3)cc2)cc1. The lowest BCUT2D eigenvalue weighted by Crippen LogP contribution is -2.31. The Kier molecular flexibility index (Phi) is 8.00. The summed E-state index contributed by atoms with van der Waals surface area (Å²) >= 11 is 0. The van der Waals surface area contributed by atoms with Crippen LogP contribution < -0.4 is 21.3 Å². The van der Waals surface area contributed by atoms with Crippen LogP contribution in [0.15, 0.2) is 48.5 Å². The molecule has 1 unspecified atom stereocenters. The van der Waals surface area contributed by atoms with Gasteiger partial charge in [0.2, 0.25) is 11.8 Å². The third-order valence-corrected chi connectivity index (χ3v) is 4.89. The van der Waals surface area contributed by atoms with Crippen LogP contribution in [0.5, 0.6) is 0 Å². The standard InChI is InChI=1S/C23H28N4O4/c1-2-21(28)26-18-9-11-19(12-10-18)27-22(29)15-24-17-7-5-16(6-8-17)23(30)25-14-20-4-3-13-31-20/h5-12,20,24H,2-4,13-15H2,1H3,(H,25,30)(H,26,28)(H,27,29). The summed E-state index contributed by atoms with van der Waals surface area (Å²) in [4.78, 5) is 35.8. The monoisotopic (exact) mass is 424 g/mol. The molecule has 1 atom stereocenters. The highest BCUT2D eigenvalue weighted by Crippen LogP contribution is 2.15. The van der Waals surface area contributed by atoms with E-state index in [9.17, 15) is 14.4 Å². The van der Waals surface area contributed by atoms with Gasteiger partial charge >= 0.3 is 0 Å². The molecule has 1 aliphatic heterocycles. The van der Waals surface area contributed by atoms with Crippen LogP contribution in [-0.2, 0) is 14.3 Å². The zero-order valence-electron chi connectivity index (χ0n) is 17.6. The second-order valence-electron chi connectivity index (χ2n) is 7.30. The van der Waals surface area contributed by atoms with E-state index in [2.05, 4.69) is 21.3 Å². The molecule has 4 N–H and O–H groups in total. The van der Waals surface area contributed by atoms with E-state index in [-0.39, 0.29) is 30.4 Å². The van der Waals surface area contributed by atoms with Gasteiger partial charge < -0.3 is 26.0 Å². The molecule has 0 saturated carbocycles. The molecule has 164 valence electrons. The van der Waals surface area contributed by atoms with Gasteiger partial charge in [0.05, 0.1) is 12.6 Å². The second-order valence-corrected chi connectivity index (χ2v) is 7.30. The number of rotatable bonds is 9. The first kappa shape index (κ1) is 22.3. The van der Waals surface area contributed by atoms with Crippen molar-refractivity contribution in [2.75, 3.05) is 35.6 Å². The Bertz CT molecular complexity index is 891. The van der Waals surface area contributed by atoms with E-state index in [1.54, 1.807) is 55.5 Å². The van der Waals surface area contributed by atoms with E-state index in [4.69, 9.17) is 4.74 Å². The highest BCUT2D eigenvalue weighted by atomic mass is 16.5. The normalized spacial score (nSPS) is 15.2. The Labute approximate surface area is 181 Å². The first-order valence-corrected chi connectivity index (χ1v) is 10.5. The first-order valence-electron chi connectivity index (χ1n) is 10.5. The van der Waals surface area contributed by atoms with Gasteiger partial charge in [-0.3, -0.25) is 14.4 Å². The average molecular weight is 425 g/mol. The fourth-order valence-corrected chi connectivity index (χ4v) is 3.13. The maximum absolute atomic E-state index is 12.2. The van der Waals surface area contributed by atoms with Gasteiger partial charge in [-0.1, -0.05) is 6.92 Å². The van der Waals surface area contributed by atoms with E-state index < -0.39 is 0 Å². The zero-order valence-corrected chi connectivity index (χ0v) is 17.6. The number of nitrogens with one attached hydrogen (secondary N) is 4. The van der Waals surface area contributed by atoms with Crippen molar-refractivity contribution in [3.8, 4) is 0 Å². The molecule has 3 amide bonds. The second kappa shape index (κ2) is 11.1. The van der Waals surface area contributed by atoms with E-state index >= 15 is 0 Å². The van der Waals surface area contributed by atoms with Gasteiger partial charge in [-0.15, -0.1) is 0 Å². The topological polar surface area (TPSA) is 109 Å². The molecule has 0 bridgehead atoms. The highest BCUT2D eigenvalue weighted by molar-refractivity contribution is 5.96. The summed E-state index contributed by atoms with van der Waals surface area (Å²) in [5.41, 5.74) is 2.62. The number of hydrogen-bond acceptors (Lipinski definition) is 5. The van der Waals surface area contributed by atoms with Crippen LogP contribution in [0, 0.1) is 0 Å². The lowest BCUT2D eigenvalue weighted by molar-refractivity contribution is -0.116. The Morgan fingerprint density at radius 2 is 1.52 bits per heavy atom. The lowest BCUT2D eigenvalue weighted by atomic mass is 10.2. The number of carbonyl (C=O) groups excluding carboxylic acids is 3. The van der Waals surface area contributed by atoms with Crippen molar-refractivity contribution in [2.24, 2.45) is 0 Å². The van der Waals surface area contributed by atoms with Crippen LogP contribution in [0.4, 0.5) is 17.1 Å². The van der Waals surface area contributed by atoms with Crippen LogP contribution in [0.1, 0.15) is 36.5 Å². The van der Waals surface area contributed by atoms with Gasteiger partial charge in [-0.25, -0.2) is 0 Å². The maximum atomic E-state index is 12.2. The Morgan fingerprint density at radius 3 is 2.10 bits per heavy atom. The number of hydrogen-bond donors (Lipinski definition) is 4. The molecule has 8 heteroatoms. The quantitative estimate of drug-likeness (QED) is 0.495. The first-order chi connectivity index (χ1) is 15.0. The maximum Gasteiger partial charge on any atom is 0.251 e. The minimum Gasteiger partial charge on any atom is -0.376 e. The van der Waals surface area contributed by atoms with E-state index in [1.807, 2.05) is 0 Å². The van der Waals surface area contributed by atoms with Crippen molar-refractivity contribution in [1.29, 1.82) is 0 Å². The Hall–Kier alpha value is -3.39. The van der Waals surface area contributed by atoms with Crippen molar-refractivity contribution in [3.63, 3.8) is 0 Å². The van der Waals surface area contributed by atoms with Crippen LogP contribution >= 0.6 is 0 Å². The van der Waals surface area contributed by atoms with E-state index in [0.717, 1.165) is 25.1 Å². The van der Waals surface area contributed by atoms with Crippen molar-refractivity contribution in [2.45, 2.75) is 32.3 Å². The summed E-state index contributed by atoms with van der Waals surface area (Å²) in [6.07, 6.45) is 2.53. The molecule has 0 radical (unpaired) electrons. The molecule has 1 aliphatic rings. The van der Waals surface area contributed by atoms with Crippen molar-refractivity contribution < 1.29 is 19.1 Å². The zero-order chi connectivity index (χ0) is 22.1. The Morgan fingerprint density at radius 1 is 0.903 bits per heavy atom. The fourth-order valence-electron chi connectivity index (χ4n) is 3.13. The molecule has 0 aliphatic carbocycles. The third-order valence-electron chi connectivity index (χ3n) is 4.89. The largest absolute Gasteiger partial charge is 0.376 e. The predicted molar refractivity (Wildman–Crippen MR) is 120 cm³/mol. The molecule has 1 heterocycles. The van der Waals surface area contributed by atoms with Crippen LogP contribution in [0.2, 0.25) is 0 Å². The summed E-state index contributed by atoms with van der Waals surface area (Å²) in [5.74, 6) is -0.408. The van der Waals surface area contributed by atoms with Crippen molar-refractivity contribution in [3.05, 3.63) is 54.1 Å².